The Bertz CT molecular complexity index is 1630. The Labute approximate surface area is 233 Å². The molecule has 5 rings (SSSR count). The van der Waals surface area contributed by atoms with Crippen LogP contribution < -0.4 is 15.4 Å². The largest absolute Gasteiger partial charge is 0.489 e. The first kappa shape index (κ1) is 28.0. The van der Waals surface area contributed by atoms with Crippen molar-refractivity contribution in [2.24, 2.45) is 0 Å². The Morgan fingerprint density at radius 2 is 1.74 bits per heavy atom. The molecular formula is C28H28ClN5O4S. The van der Waals surface area contributed by atoms with Crippen molar-refractivity contribution in [3.05, 3.63) is 96.6 Å². The molecule has 0 fully saturated rings. The quantitative estimate of drug-likeness (QED) is 0.209. The summed E-state index contributed by atoms with van der Waals surface area (Å²) in [6.07, 6.45) is 4.40. The van der Waals surface area contributed by atoms with E-state index in [1.54, 1.807) is 6.20 Å². The number of furan rings is 1. The minimum Gasteiger partial charge on any atom is -0.489 e. The van der Waals surface area contributed by atoms with Crippen molar-refractivity contribution >= 4 is 44.7 Å². The number of hydrogen-bond donors (Lipinski definition) is 2. The first-order valence-electron chi connectivity index (χ1n) is 12.0. The Balaban J connectivity index is 0.00000353. The molecule has 0 bridgehead atoms. The third kappa shape index (κ3) is 7.76. The van der Waals surface area contributed by atoms with Gasteiger partial charge in [-0.1, -0.05) is 30.3 Å². The van der Waals surface area contributed by atoms with Gasteiger partial charge in [0.2, 0.25) is 0 Å². The van der Waals surface area contributed by atoms with Gasteiger partial charge in [-0.3, -0.25) is 4.98 Å². The zero-order valence-electron chi connectivity index (χ0n) is 21.2. The van der Waals surface area contributed by atoms with Gasteiger partial charge >= 0.3 is 0 Å². The van der Waals surface area contributed by atoms with Crippen molar-refractivity contribution in [1.82, 2.24) is 20.3 Å². The summed E-state index contributed by atoms with van der Waals surface area (Å²) in [6, 6.07) is 23.3. The average Bonchev–Trinajstić information content (AvgIpc) is 3.40. The van der Waals surface area contributed by atoms with Crippen molar-refractivity contribution in [2.75, 3.05) is 23.9 Å². The number of aromatic nitrogens is 3. The first-order valence-corrected chi connectivity index (χ1v) is 14.1. The van der Waals surface area contributed by atoms with Crippen LogP contribution in [-0.2, 0) is 23.0 Å². The zero-order chi connectivity index (χ0) is 26.4. The van der Waals surface area contributed by atoms with Crippen LogP contribution >= 0.6 is 12.4 Å². The number of ether oxygens (including phenoxy) is 1. The lowest BCUT2D eigenvalue weighted by Crippen LogP contribution is -2.21. The number of halogens is 1. The number of pyridine rings is 1. The van der Waals surface area contributed by atoms with Crippen LogP contribution in [0.15, 0.2) is 89.7 Å². The molecule has 3 heterocycles. The Hall–Kier alpha value is -3.99. The topological polar surface area (TPSA) is 119 Å². The van der Waals surface area contributed by atoms with E-state index in [1.807, 2.05) is 72.8 Å². The van der Waals surface area contributed by atoms with Gasteiger partial charge in [-0.05, 0) is 48.0 Å². The van der Waals surface area contributed by atoms with E-state index < -0.39 is 9.84 Å². The zero-order valence-corrected chi connectivity index (χ0v) is 22.8. The summed E-state index contributed by atoms with van der Waals surface area (Å²) >= 11 is 0. The maximum Gasteiger partial charge on any atom is 0.152 e. The van der Waals surface area contributed by atoms with Crippen LogP contribution in [0.3, 0.4) is 0 Å². The number of nitrogens with one attached hydrogen (secondary N) is 2. The minimum atomic E-state index is -3.01. The van der Waals surface area contributed by atoms with E-state index in [9.17, 15) is 8.42 Å². The molecule has 39 heavy (non-hydrogen) atoms. The molecule has 0 unspecified atom stereocenters. The maximum atomic E-state index is 11.3. The highest BCUT2D eigenvalue weighted by Crippen LogP contribution is 2.28. The van der Waals surface area contributed by atoms with Gasteiger partial charge in [0, 0.05) is 23.9 Å². The molecule has 5 aromatic rings. The number of rotatable bonds is 11. The van der Waals surface area contributed by atoms with Crippen molar-refractivity contribution < 1.29 is 17.6 Å². The summed E-state index contributed by atoms with van der Waals surface area (Å²) in [5.74, 6) is 2.78. The van der Waals surface area contributed by atoms with Gasteiger partial charge in [-0.25, -0.2) is 18.4 Å². The molecule has 202 valence electrons. The highest BCUT2D eigenvalue weighted by molar-refractivity contribution is 7.90. The van der Waals surface area contributed by atoms with Crippen molar-refractivity contribution in [1.29, 1.82) is 0 Å². The van der Waals surface area contributed by atoms with Crippen LogP contribution in [0.4, 0.5) is 11.5 Å². The van der Waals surface area contributed by atoms with Gasteiger partial charge in [0.25, 0.3) is 0 Å². The van der Waals surface area contributed by atoms with Crippen LogP contribution in [0.5, 0.6) is 5.75 Å². The molecule has 3 aromatic heterocycles. The summed E-state index contributed by atoms with van der Waals surface area (Å²) in [5, 5.41) is 7.23. The second kappa shape index (κ2) is 12.7. The molecule has 0 aliphatic heterocycles. The normalized spacial score (nSPS) is 11.2. The Kier molecular flexibility index (Phi) is 9.13. The highest BCUT2D eigenvalue weighted by Gasteiger charge is 2.11. The van der Waals surface area contributed by atoms with Crippen LogP contribution in [0.2, 0.25) is 0 Å². The average molecular weight is 566 g/mol. The van der Waals surface area contributed by atoms with Gasteiger partial charge in [0.15, 0.2) is 5.76 Å². The number of fused-ring (bicyclic) bond motifs is 1. The second-order valence-corrected chi connectivity index (χ2v) is 11.1. The minimum absolute atomic E-state index is 0. The molecule has 0 aliphatic carbocycles. The lowest BCUT2D eigenvalue weighted by molar-refractivity contribution is 0.306. The highest BCUT2D eigenvalue weighted by atomic mass is 35.5. The number of anilines is 2. The lowest BCUT2D eigenvalue weighted by atomic mass is 10.2. The third-order valence-electron chi connectivity index (χ3n) is 5.75. The van der Waals surface area contributed by atoms with Crippen LogP contribution in [0.1, 0.15) is 11.3 Å². The van der Waals surface area contributed by atoms with E-state index in [0.29, 0.717) is 48.2 Å². The summed E-state index contributed by atoms with van der Waals surface area (Å²) in [5.41, 5.74) is 3.31. The predicted octanol–water partition coefficient (Wildman–Crippen LogP) is 5.16. The molecule has 11 heteroatoms. The molecule has 2 aromatic carbocycles. The third-order valence-corrected chi connectivity index (χ3v) is 6.70. The standard InChI is InChI=1S/C28H27N5O4S.ClH/c1-38(34,35)14-13-29-16-23-11-12-27(37-23)25-15-24-26(17-30-25)31-19-32-28(24)33-21-7-9-22(10-8-21)36-18-20-5-3-2-4-6-20;/h2-12,15,17,19,29H,13-14,16,18H2,1H3,(H,31,32,33);1H. The van der Waals surface area contributed by atoms with E-state index in [4.69, 9.17) is 9.15 Å². The molecule has 0 saturated carbocycles. The van der Waals surface area contributed by atoms with Gasteiger partial charge in [-0.15, -0.1) is 12.4 Å². The van der Waals surface area contributed by atoms with E-state index in [-0.39, 0.29) is 18.2 Å². The molecule has 0 saturated heterocycles. The smallest absolute Gasteiger partial charge is 0.152 e. The van der Waals surface area contributed by atoms with Crippen LogP contribution in [-0.4, -0.2) is 41.9 Å². The van der Waals surface area contributed by atoms with Crippen molar-refractivity contribution in [3.8, 4) is 17.2 Å². The summed E-state index contributed by atoms with van der Waals surface area (Å²) in [7, 11) is -3.01. The SMILES string of the molecule is CS(=O)(=O)CCNCc1ccc(-c2cc3c(Nc4ccc(OCc5ccccc5)cc4)ncnc3cn2)o1.Cl. The lowest BCUT2D eigenvalue weighted by Gasteiger charge is -2.10. The molecule has 0 aliphatic rings. The van der Waals surface area contributed by atoms with Gasteiger partial charge < -0.3 is 19.8 Å². The second-order valence-electron chi connectivity index (χ2n) is 8.81. The fourth-order valence-electron chi connectivity index (χ4n) is 3.79. The fourth-order valence-corrected chi connectivity index (χ4v) is 4.30. The fraction of sp³-hybridized carbons (Fsp3) is 0.179. The van der Waals surface area contributed by atoms with Gasteiger partial charge in [0.1, 0.15) is 45.8 Å². The van der Waals surface area contributed by atoms with Gasteiger partial charge in [0.05, 0.1) is 24.0 Å². The number of benzene rings is 2. The molecule has 0 amide bonds. The summed E-state index contributed by atoms with van der Waals surface area (Å²) in [4.78, 5) is 13.3. The maximum absolute atomic E-state index is 11.3. The number of hydrogen-bond acceptors (Lipinski definition) is 9. The van der Waals surface area contributed by atoms with Crippen molar-refractivity contribution in [2.45, 2.75) is 13.2 Å². The van der Waals surface area contributed by atoms with Crippen LogP contribution in [0.25, 0.3) is 22.4 Å². The van der Waals surface area contributed by atoms with E-state index in [1.165, 1.54) is 12.6 Å². The predicted molar refractivity (Wildman–Crippen MR) is 154 cm³/mol. The van der Waals surface area contributed by atoms with E-state index in [2.05, 4.69) is 25.6 Å². The molecule has 0 spiro atoms. The Morgan fingerprint density at radius 3 is 2.51 bits per heavy atom. The molecule has 2 N–H and O–H groups in total. The Morgan fingerprint density at radius 1 is 0.949 bits per heavy atom. The number of nitrogens with zero attached hydrogens (tertiary/aromatic N) is 3. The van der Waals surface area contributed by atoms with Crippen LogP contribution in [0, 0.1) is 0 Å². The summed E-state index contributed by atoms with van der Waals surface area (Å²) in [6.45, 7) is 1.28. The van der Waals surface area contributed by atoms with Crippen molar-refractivity contribution in [3.63, 3.8) is 0 Å². The molecular weight excluding hydrogens is 538 g/mol. The molecule has 0 radical (unpaired) electrons. The monoisotopic (exact) mass is 565 g/mol. The molecule has 0 atom stereocenters. The summed E-state index contributed by atoms with van der Waals surface area (Å²) < 4.78 is 34.4. The van der Waals surface area contributed by atoms with E-state index in [0.717, 1.165) is 22.4 Å². The van der Waals surface area contributed by atoms with Gasteiger partial charge in [-0.2, -0.15) is 0 Å². The first-order chi connectivity index (χ1) is 18.4. The number of sulfone groups is 1. The van der Waals surface area contributed by atoms with E-state index >= 15 is 0 Å². The molecule has 9 nitrogen and oxygen atoms in total.